The minimum absolute atomic E-state index is 0.111. The number of rotatable bonds is 0. The Morgan fingerprint density at radius 3 is 1.12 bits per heavy atom. The molecule has 0 bridgehead atoms. The van der Waals surface area contributed by atoms with Crippen molar-refractivity contribution in [3.63, 3.8) is 0 Å². The van der Waals surface area contributed by atoms with E-state index in [1.807, 2.05) is 38.2 Å². The lowest BCUT2D eigenvalue weighted by Gasteiger charge is -2.28. The molecule has 0 aliphatic heterocycles. The molecule has 0 heterocycles. The molecule has 2 aliphatic rings. The molecule has 2 rings (SSSR count). The Kier molecular flexibility index (Phi) is 4.47. The quantitative estimate of drug-likeness (QED) is 0.607. The van der Waals surface area contributed by atoms with Gasteiger partial charge in [0.1, 0.15) is 0 Å². The maximum atomic E-state index is 12.5. The maximum Gasteiger partial charge on any atom is 0.185 e. The Morgan fingerprint density at radius 2 is 0.875 bits per heavy atom. The third-order valence-corrected chi connectivity index (χ3v) is 4.50. The fraction of sp³-hybridized carbons (Fsp3) is 0.455. The summed E-state index contributed by atoms with van der Waals surface area (Å²) in [5, 5.41) is 0. The van der Waals surface area contributed by atoms with E-state index in [0.29, 0.717) is 0 Å². The topological polar surface area (TPSA) is 34.1 Å². The highest BCUT2D eigenvalue weighted by Gasteiger charge is 2.30. The van der Waals surface area contributed by atoms with E-state index in [-0.39, 0.29) is 22.4 Å². The van der Waals surface area contributed by atoms with Crippen molar-refractivity contribution in [1.29, 1.82) is 0 Å². The number of Topliss-reactive ketones (excluding diaryl/α,β-unsaturated/α-hetero) is 2. The fourth-order valence-corrected chi connectivity index (χ4v) is 3.00. The van der Waals surface area contributed by atoms with Crippen LogP contribution in [0.25, 0.3) is 0 Å². The van der Waals surface area contributed by atoms with Crippen molar-refractivity contribution in [3.05, 3.63) is 57.7 Å². The lowest BCUT2D eigenvalue weighted by molar-refractivity contribution is -0.114. The van der Waals surface area contributed by atoms with Gasteiger partial charge in [-0.05, 0) is 71.3 Å². The monoisotopic (exact) mass is 324 g/mol. The number of hydrogen-bond acceptors (Lipinski definition) is 2. The third-order valence-electron chi connectivity index (χ3n) is 4.50. The summed E-state index contributed by atoms with van der Waals surface area (Å²) >= 11 is 0. The van der Waals surface area contributed by atoms with Gasteiger partial charge in [-0.1, -0.05) is 41.5 Å². The summed E-state index contributed by atoms with van der Waals surface area (Å²) in [7, 11) is 0. The number of carbonyl (C=O) groups is 2. The largest absolute Gasteiger partial charge is 0.289 e. The van der Waals surface area contributed by atoms with E-state index in [2.05, 4.69) is 41.5 Å². The summed E-state index contributed by atoms with van der Waals surface area (Å²) in [6.07, 6.45) is 7.84. The van der Waals surface area contributed by atoms with Crippen LogP contribution in [-0.4, -0.2) is 11.6 Å². The second-order valence-corrected chi connectivity index (χ2v) is 8.84. The van der Waals surface area contributed by atoms with E-state index in [0.717, 1.165) is 33.4 Å². The van der Waals surface area contributed by atoms with Crippen molar-refractivity contribution in [2.24, 2.45) is 10.8 Å². The van der Waals surface area contributed by atoms with E-state index in [1.165, 1.54) is 0 Å². The van der Waals surface area contributed by atoms with E-state index in [1.54, 1.807) is 0 Å². The molecule has 0 aromatic carbocycles. The van der Waals surface area contributed by atoms with Crippen molar-refractivity contribution in [1.82, 2.24) is 0 Å². The van der Waals surface area contributed by atoms with Crippen LogP contribution in [0, 0.1) is 10.8 Å². The molecule has 128 valence electrons. The Hall–Kier alpha value is -1.96. The first-order chi connectivity index (χ1) is 10.8. The summed E-state index contributed by atoms with van der Waals surface area (Å²) in [6.45, 7) is 16.1. The third kappa shape index (κ3) is 3.43. The highest BCUT2D eigenvalue weighted by molar-refractivity contribution is 6.12. The first-order valence-corrected chi connectivity index (χ1v) is 8.47. The fourth-order valence-electron chi connectivity index (χ4n) is 3.00. The summed E-state index contributed by atoms with van der Waals surface area (Å²) < 4.78 is 0. The first kappa shape index (κ1) is 18.4. The summed E-state index contributed by atoms with van der Waals surface area (Å²) in [5.74, 6) is 0.221. The maximum absolute atomic E-state index is 12.5. The number of carbonyl (C=O) groups excluding carboxylic acids is 2. The van der Waals surface area contributed by atoms with E-state index >= 15 is 0 Å². The number of ketones is 2. The zero-order valence-electron chi connectivity index (χ0n) is 16.1. The van der Waals surface area contributed by atoms with Gasteiger partial charge in [0, 0.05) is 11.1 Å². The van der Waals surface area contributed by atoms with Gasteiger partial charge in [0.05, 0.1) is 0 Å². The number of allylic oxidation sites excluding steroid dienone is 10. The highest BCUT2D eigenvalue weighted by Crippen LogP contribution is 2.37. The molecule has 0 amide bonds. The van der Waals surface area contributed by atoms with Crippen molar-refractivity contribution in [2.75, 3.05) is 0 Å². The van der Waals surface area contributed by atoms with Crippen LogP contribution in [0.2, 0.25) is 0 Å². The molecule has 0 saturated heterocycles. The molecule has 0 atom stereocenters. The second kappa shape index (κ2) is 5.84. The van der Waals surface area contributed by atoms with Crippen LogP contribution in [0.3, 0.4) is 0 Å². The van der Waals surface area contributed by atoms with Crippen LogP contribution in [0.4, 0.5) is 0 Å². The molecule has 24 heavy (non-hydrogen) atoms. The van der Waals surface area contributed by atoms with Crippen LogP contribution < -0.4 is 0 Å². The first-order valence-electron chi connectivity index (χ1n) is 8.47. The zero-order chi connectivity index (χ0) is 18.4. The molecule has 0 saturated carbocycles. The van der Waals surface area contributed by atoms with Gasteiger partial charge in [0.2, 0.25) is 0 Å². The average molecular weight is 324 g/mol. The molecule has 0 aromatic heterocycles. The van der Waals surface area contributed by atoms with Gasteiger partial charge in [0.15, 0.2) is 11.6 Å². The number of hydrogen-bond donors (Lipinski definition) is 0. The van der Waals surface area contributed by atoms with Crippen molar-refractivity contribution in [3.8, 4) is 0 Å². The minimum atomic E-state index is -0.210. The van der Waals surface area contributed by atoms with Crippen LogP contribution in [-0.2, 0) is 9.59 Å². The van der Waals surface area contributed by atoms with Gasteiger partial charge >= 0.3 is 0 Å². The summed E-state index contributed by atoms with van der Waals surface area (Å²) in [6, 6.07) is 0. The molecule has 0 spiro atoms. The standard InChI is InChI=1S/C22H28O2/c1-13-9-15(11-17(19(13)23)21(3,4)5)16-10-14(2)20(24)18(12-16)22(6,7)8/h9-12H,1-8H3/b16-15+. The van der Waals surface area contributed by atoms with Crippen LogP contribution >= 0.6 is 0 Å². The molecule has 2 aliphatic carbocycles. The molecule has 2 heteroatoms. The van der Waals surface area contributed by atoms with Crippen molar-refractivity contribution < 1.29 is 9.59 Å². The van der Waals surface area contributed by atoms with Gasteiger partial charge < -0.3 is 0 Å². The Bertz CT molecular complexity index is 698. The Balaban J connectivity index is 2.70. The lowest BCUT2D eigenvalue weighted by atomic mass is 9.75. The normalized spacial score (nSPS) is 22.8. The SMILES string of the molecule is CC1=C/C(=C2/C=C(C)C(=O)C(C(C)(C)C)=C2)C=C(C(C)(C)C)C1=O. The summed E-state index contributed by atoms with van der Waals surface area (Å²) in [5.41, 5.74) is 4.72. The van der Waals surface area contributed by atoms with Crippen LogP contribution in [0.15, 0.2) is 57.7 Å². The molecule has 0 aromatic rings. The molecule has 0 unspecified atom stereocenters. The highest BCUT2D eigenvalue weighted by atomic mass is 16.1. The molecule has 2 nitrogen and oxygen atoms in total. The van der Waals surface area contributed by atoms with Crippen molar-refractivity contribution >= 4 is 11.6 Å². The molecule has 0 N–H and O–H groups in total. The van der Waals surface area contributed by atoms with E-state index in [4.69, 9.17) is 0 Å². The average Bonchev–Trinajstić information content (AvgIpc) is 2.41. The molecule has 0 fully saturated rings. The smallest absolute Gasteiger partial charge is 0.185 e. The van der Waals surface area contributed by atoms with Gasteiger partial charge in [-0.15, -0.1) is 0 Å². The van der Waals surface area contributed by atoms with Gasteiger partial charge in [-0.3, -0.25) is 9.59 Å². The van der Waals surface area contributed by atoms with Gasteiger partial charge in [-0.2, -0.15) is 0 Å². The lowest BCUT2D eigenvalue weighted by Crippen LogP contribution is -2.23. The summed E-state index contributed by atoms with van der Waals surface area (Å²) in [4.78, 5) is 25.0. The second-order valence-electron chi connectivity index (χ2n) is 8.84. The Labute approximate surface area is 145 Å². The molecular formula is C22H28O2. The van der Waals surface area contributed by atoms with Gasteiger partial charge in [0.25, 0.3) is 0 Å². The predicted octanol–water partition coefficient (Wildman–Crippen LogP) is 5.29. The van der Waals surface area contributed by atoms with Crippen molar-refractivity contribution in [2.45, 2.75) is 55.4 Å². The van der Waals surface area contributed by atoms with E-state index in [9.17, 15) is 9.59 Å². The zero-order valence-corrected chi connectivity index (χ0v) is 16.1. The van der Waals surface area contributed by atoms with Crippen LogP contribution in [0.5, 0.6) is 0 Å². The molecular weight excluding hydrogens is 296 g/mol. The predicted molar refractivity (Wildman–Crippen MR) is 99.6 cm³/mol. The van der Waals surface area contributed by atoms with E-state index < -0.39 is 0 Å². The minimum Gasteiger partial charge on any atom is -0.289 e. The van der Waals surface area contributed by atoms with Gasteiger partial charge in [-0.25, -0.2) is 0 Å². The Morgan fingerprint density at radius 1 is 0.583 bits per heavy atom. The molecule has 0 radical (unpaired) electrons. The van der Waals surface area contributed by atoms with Crippen LogP contribution in [0.1, 0.15) is 55.4 Å².